The van der Waals surface area contributed by atoms with E-state index in [0.29, 0.717) is 44.2 Å². The first-order valence-corrected chi connectivity index (χ1v) is 24.4. The van der Waals surface area contributed by atoms with Crippen molar-refractivity contribution in [3.8, 4) is 5.75 Å². The molecule has 9 N–H and O–H groups in total. The lowest BCUT2D eigenvalue weighted by molar-refractivity contribution is -0.143. The van der Waals surface area contributed by atoms with Crippen LogP contribution >= 0.6 is 7.82 Å². The predicted octanol–water partition coefficient (Wildman–Crippen LogP) is 5.96. The van der Waals surface area contributed by atoms with Gasteiger partial charge in [-0.3, -0.25) is 33.8 Å². The lowest BCUT2D eigenvalue weighted by Gasteiger charge is -2.31. The van der Waals surface area contributed by atoms with Gasteiger partial charge in [-0.05, 0) is 69.1 Å². The molecule has 1 aromatic rings. The summed E-state index contributed by atoms with van der Waals surface area (Å²) in [5.41, 5.74) is 12.2. The molecule has 0 bridgehead atoms. The molecule has 2 fully saturated rings. The van der Waals surface area contributed by atoms with Gasteiger partial charge in [-0.2, -0.15) is 0 Å². The van der Waals surface area contributed by atoms with Gasteiger partial charge in [-0.15, -0.1) is 0 Å². The fourth-order valence-electron chi connectivity index (χ4n) is 8.39. The largest absolute Gasteiger partial charge is 0.524 e. The molecule has 3 rings (SSSR count). The van der Waals surface area contributed by atoms with Crippen LogP contribution in [0.3, 0.4) is 0 Å². The second kappa shape index (κ2) is 28.2. The number of primary amides is 1. The minimum absolute atomic E-state index is 0.0339. The van der Waals surface area contributed by atoms with Gasteiger partial charge in [0.25, 0.3) is 0 Å². The van der Waals surface area contributed by atoms with E-state index >= 15 is 0 Å². The minimum atomic E-state index is -4.71. The van der Waals surface area contributed by atoms with Gasteiger partial charge in [-0.1, -0.05) is 128 Å². The number of amides is 5. The molecule has 60 heavy (non-hydrogen) atoms. The Morgan fingerprint density at radius 1 is 0.800 bits per heavy atom. The third-order valence-electron chi connectivity index (χ3n) is 11.8. The number of nitrogens with zero attached hydrogens (tertiary/aromatic N) is 1. The molecule has 0 spiro atoms. The Balaban J connectivity index is 1.38. The number of hydrogen-bond acceptors (Lipinski definition) is 8. The quantitative estimate of drug-likeness (QED) is 0.0341. The lowest BCUT2D eigenvalue weighted by atomic mass is 10.0. The molecule has 2 aliphatic heterocycles. The highest BCUT2D eigenvalue weighted by molar-refractivity contribution is 7.46. The van der Waals surface area contributed by atoms with E-state index in [9.17, 15) is 28.5 Å². The van der Waals surface area contributed by atoms with Crippen molar-refractivity contribution in [1.82, 2.24) is 20.9 Å². The summed E-state index contributed by atoms with van der Waals surface area (Å²) in [6.07, 6.45) is 25.6. The number of unbranched alkanes of at least 4 members (excludes halogenated alkanes) is 17. The fraction of sp³-hybridized carbons (Fsp3) is 0.750. The average Bonchev–Trinajstić information content (AvgIpc) is 3.57. The lowest BCUT2D eigenvalue weighted by Crippen LogP contribution is -2.58. The van der Waals surface area contributed by atoms with Gasteiger partial charge in [0.05, 0.1) is 6.04 Å². The number of nitrogens with one attached hydrogen (secondary N) is 3. The van der Waals surface area contributed by atoms with Crippen LogP contribution in [0.5, 0.6) is 5.75 Å². The highest BCUT2D eigenvalue weighted by atomic mass is 31.2. The van der Waals surface area contributed by atoms with Crippen molar-refractivity contribution in [1.29, 1.82) is 0 Å². The van der Waals surface area contributed by atoms with Crippen LogP contribution in [-0.4, -0.2) is 81.0 Å². The van der Waals surface area contributed by atoms with Crippen LogP contribution in [0.25, 0.3) is 0 Å². The zero-order valence-corrected chi connectivity index (χ0v) is 37.0. The standard InChI is InChI=1S/C44H75N6O9P/c1-2-3-4-5-6-7-8-9-10-11-12-13-14-15-16-17-18-19-31-47-42(53)37(28-30-40(46)51)48-43(54)39-29-25-34-21-20-22-38(44(55)50(34)39)49-41(52)36(45)32-33-23-26-35(27-24-33)59-60(56,57)58/h23-24,26-27,34,36-39H,2-22,25,28-32,45H2,1H3,(H2,46,51)(H,47,53)(H,48,54)(H,49,52)(H2,56,57,58)/t34-,36-,37-,38-,39-/m0/s1. The fourth-order valence-corrected chi connectivity index (χ4v) is 8.78. The number of carbonyl (C=O) groups excluding carboxylic acids is 5. The van der Waals surface area contributed by atoms with Crippen molar-refractivity contribution in [3.63, 3.8) is 0 Å². The summed E-state index contributed by atoms with van der Waals surface area (Å²) in [4.78, 5) is 85.3. The van der Waals surface area contributed by atoms with Crippen LogP contribution in [0, 0.1) is 0 Å². The number of phosphoric acid groups is 1. The first-order valence-electron chi connectivity index (χ1n) is 22.9. The van der Waals surface area contributed by atoms with E-state index in [1.54, 1.807) is 4.90 Å². The van der Waals surface area contributed by atoms with Crippen LogP contribution in [0.2, 0.25) is 0 Å². The van der Waals surface area contributed by atoms with E-state index in [-0.39, 0.29) is 37.0 Å². The van der Waals surface area contributed by atoms with Crippen LogP contribution in [-0.2, 0) is 35.0 Å². The highest BCUT2D eigenvalue weighted by Gasteiger charge is 2.45. The Morgan fingerprint density at radius 2 is 1.35 bits per heavy atom. The molecule has 2 heterocycles. The molecular formula is C44H75N6O9P. The Bertz CT molecular complexity index is 1510. The zero-order valence-electron chi connectivity index (χ0n) is 36.1. The predicted molar refractivity (Wildman–Crippen MR) is 232 cm³/mol. The van der Waals surface area contributed by atoms with Gasteiger partial charge in [0.1, 0.15) is 23.9 Å². The van der Waals surface area contributed by atoms with Gasteiger partial charge in [0, 0.05) is 19.0 Å². The number of hydrogen-bond donors (Lipinski definition) is 7. The second-order valence-corrected chi connectivity index (χ2v) is 18.1. The second-order valence-electron chi connectivity index (χ2n) is 16.9. The molecule has 0 unspecified atom stereocenters. The van der Waals surface area contributed by atoms with Crippen molar-refractivity contribution in [2.45, 2.75) is 204 Å². The minimum Gasteiger partial charge on any atom is -0.404 e. The van der Waals surface area contributed by atoms with E-state index in [1.807, 2.05) is 0 Å². The van der Waals surface area contributed by atoms with Gasteiger partial charge >= 0.3 is 7.82 Å². The van der Waals surface area contributed by atoms with Crippen molar-refractivity contribution in [3.05, 3.63) is 29.8 Å². The molecule has 340 valence electrons. The summed E-state index contributed by atoms with van der Waals surface area (Å²) < 4.78 is 15.6. The van der Waals surface area contributed by atoms with Gasteiger partial charge in [0.2, 0.25) is 29.5 Å². The monoisotopic (exact) mass is 863 g/mol. The van der Waals surface area contributed by atoms with E-state index in [2.05, 4.69) is 27.4 Å². The average molecular weight is 863 g/mol. The Labute approximate surface area is 357 Å². The summed E-state index contributed by atoms with van der Waals surface area (Å²) in [5, 5.41) is 8.49. The first-order chi connectivity index (χ1) is 28.8. The molecule has 5 atom stereocenters. The van der Waals surface area contributed by atoms with Gasteiger partial charge in [0.15, 0.2) is 0 Å². The third-order valence-corrected chi connectivity index (χ3v) is 12.2. The van der Waals surface area contributed by atoms with E-state index in [1.165, 1.54) is 121 Å². The summed E-state index contributed by atoms with van der Waals surface area (Å²) in [5.74, 6) is -2.45. The maximum absolute atomic E-state index is 13.9. The summed E-state index contributed by atoms with van der Waals surface area (Å²) in [6.45, 7) is 2.72. The van der Waals surface area contributed by atoms with E-state index in [4.69, 9.17) is 21.3 Å². The van der Waals surface area contributed by atoms with E-state index < -0.39 is 55.6 Å². The summed E-state index contributed by atoms with van der Waals surface area (Å²) in [6, 6.07) is 1.83. The van der Waals surface area contributed by atoms with Crippen molar-refractivity contribution in [2.75, 3.05) is 6.54 Å². The normalized spacial score (nSPS) is 18.9. The molecule has 0 aromatic heterocycles. The first kappa shape index (κ1) is 50.8. The Hall–Kier alpha value is -3.52. The molecule has 0 saturated carbocycles. The molecule has 0 aliphatic carbocycles. The number of benzene rings is 1. The number of phosphoric ester groups is 1. The maximum Gasteiger partial charge on any atom is 0.524 e. The third kappa shape index (κ3) is 19.9. The smallest absolute Gasteiger partial charge is 0.404 e. The Morgan fingerprint density at radius 3 is 1.88 bits per heavy atom. The van der Waals surface area contributed by atoms with Crippen molar-refractivity contribution in [2.24, 2.45) is 11.5 Å². The number of nitrogens with two attached hydrogens (primary N) is 2. The van der Waals surface area contributed by atoms with Crippen molar-refractivity contribution >= 4 is 37.4 Å². The van der Waals surface area contributed by atoms with E-state index in [0.717, 1.165) is 19.3 Å². The van der Waals surface area contributed by atoms with Gasteiger partial charge in [-0.25, -0.2) is 4.57 Å². The number of rotatable bonds is 31. The van der Waals surface area contributed by atoms with Crippen LogP contribution < -0.4 is 31.9 Å². The SMILES string of the molecule is CCCCCCCCCCCCCCCCCCCCNC(=O)[C@H](CCC(N)=O)NC(=O)[C@@H]1CC[C@@H]2CCC[C@H](NC(=O)[C@@H](N)Cc3ccc(OP(=O)(O)O)cc3)C(=O)N21. The number of carbonyl (C=O) groups is 5. The highest BCUT2D eigenvalue weighted by Crippen LogP contribution is 2.37. The molecule has 2 saturated heterocycles. The Kier molecular flexibility index (Phi) is 23.9. The maximum atomic E-state index is 13.9. The van der Waals surface area contributed by atoms with Crippen molar-refractivity contribution < 1.29 is 42.8 Å². The summed E-state index contributed by atoms with van der Waals surface area (Å²) in [7, 11) is -4.71. The zero-order chi connectivity index (χ0) is 43.8. The van der Waals surface area contributed by atoms with Crippen LogP contribution in [0.15, 0.2) is 24.3 Å². The molecule has 5 amide bonds. The van der Waals surface area contributed by atoms with Gasteiger partial charge < -0.3 is 36.8 Å². The van der Waals surface area contributed by atoms with Crippen LogP contribution in [0.1, 0.15) is 173 Å². The molecule has 0 radical (unpaired) electrons. The molecule has 1 aromatic carbocycles. The molecule has 2 aliphatic rings. The van der Waals surface area contributed by atoms with Crippen LogP contribution in [0.4, 0.5) is 0 Å². The molecular weight excluding hydrogens is 787 g/mol. The number of fused-ring (bicyclic) bond motifs is 1. The summed E-state index contributed by atoms with van der Waals surface area (Å²) >= 11 is 0. The topological polar surface area (TPSA) is 243 Å². The molecule has 15 nitrogen and oxygen atoms in total. The molecule has 16 heteroatoms.